The van der Waals surface area contributed by atoms with Gasteiger partial charge < -0.3 is 21.9 Å². The van der Waals surface area contributed by atoms with E-state index >= 15 is 0 Å². The van der Waals surface area contributed by atoms with Crippen LogP contribution < -0.4 is 17.2 Å². The molecule has 0 radical (unpaired) electrons. The van der Waals surface area contributed by atoms with Crippen molar-refractivity contribution in [3.8, 4) is 0 Å². The number of Topliss-reactive ketones (excluding diaryl/α,β-unsaturated/α-hetero) is 1. The Labute approximate surface area is 217 Å². The Morgan fingerprint density at radius 2 is 1.83 bits per heavy atom. The quantitative estimate of drug-likeness (QED) is 0.342. The molecule has 0 amide bonds. The third kappa shape index (κ3) is 4.43. The zero-order chi connectivity index (χ0) is 26.1. The van der Waals surface area contributed by atoms with Gasteiger partial charge in [0.25, 0.3) is 0 Å². The van der Waals surface area contributed by atoms with Crippen molar-refractivity contribution >= 4 is 11.5 Å². The van der Waals surface area contributed by atoms with E-state index in [0.717, 1.165) is 70.0 Å². The van der Waals surface area contributed by atoms with Gasteiger partial charge >= 0.3 is 0 Å². The van der Waals surface area contributed by atoms with Gasteiger partial charge in [-0.15, -0.1) is 0 Å². The van der Waals surface area contributed by atoms with Crippen molar-refractivity contribution in [3.05, 3.63) is 36.6 Å². The number of rotatable bonds is 8. The maximum atomic E-state index is 13.6. The number of methoxy groups -OCH3 is 1. The van der Waals surface area contributed by atoms with Crippen LogP contribution in [0.1, 0.15) is 71.6 Å². The normalized spacial score (nSPS) is 43.1. The van der Waals surface area contributed by atoms with Gasteiger partial charge in [-0.25, -0.2) is 0 Å². The van der Waals surface area contributed by atoms with Gasteiger partial charge in [-0.2, -0.15) is 0 Å². The van der Waals surface area contributed by atoms with Crippen LogP contribution in [-0.2, 0) is 9.53 Å². The van der Waals surface area contributed by atoms with Crippen molar-refractivity contribution in [2.75, 3.05) is 20.3 Å². The van der Waals surface area contributed by atoms with Crippen LogP contribution in [0.15, 0.2) is 41.6 Å². The lowest BCUT2D eigenvalue weighted by atomic mass is 9.43. The fourth-order valence-electron chi connectivity index (χ4n) is 9.09. The maximum Gasteiger partial charge on any atom is 0.157 e. The second kappa shape index (κ2) is 10.5. The number of ether oxygens (including phenoxy) is 1. The van der Waals surface area contributed by atoms with Gasteiger partial charge in [-0.3, -0.25) is 9.79 Å². The summed E-state index contributed by atoms with van der Waals surface area (Å²) >= 11 is 0. The molecular formula is C30H48N4O2. The molecule has 200 valence electrons. The van der Waals surface area contributed by atoms with Crippen LogP contribution in [0, 0.1) is 35.0 Å². The SMILES string of the molecule is C=CC(=NCC(=O)C1CCC2C1(C)CCC1C3(N)CCC(COC)CC3CCC21N)C(=CN)/C=C\C. The average molecular weight is 497 g/mol. The summed E-state index contributed by atoms with van der Waals surface area (Å²) in [6, 6.07) is 0. The van der Waals surface area contributed by atoms with Crippen molar-refractivity contribution < 1.29 is 9.53 Å². The van der Waals surface area contributed by atoms with Gasteiger partial charge in [0.2, 0.25) is 0 Å². The Morgan fingerprint density at radius 1 is 1.08 bits per heavy atom. The molecule has 4 saturated carbocycles. The summed E-state index contributed by atoms with van der Waals surface area (Å²) < 4.78 is 5.47. The molecule has 4 fully saturated rings. The van der Waals surface area contributed by atoms with Crippen LogP contribution in [0.5, 0.6) is 0 Å². The Kier molecular flexibility index (Phi) is 7.99. The van der Waals surface area contributed by atoms with E-state index in [2.05, 4.69) is 18.5 Å². The molecule has 0 aromatic heterocycles. The van der Waals surface area contributed by atoms with Crippen LogP contribution in [0.3, 0.4) is 0 Å². The van der Waals surface area contributed by atoms with E-state index in [1.807, 2.05) is 19.1 Å². The number of carbonyl (C=O) groups excluding carboxylic acids is 1. The van der Waals surface area contributed by atoms with Gasteiger partial charge in [-0.1, -0.05) is 25.7 Å². The van der Waals surface area contributed by atoms with E-state index in [1.54, 1.807) is 13.2 Å². The number of hydrogen-bond donors (Lipinski definition) is 3. The van der Waals surface area contributed by atoms with E-state index in [9.17, 15) is 4.79 Å². The van der Waals surface area contributed by atoms with Crippen molar-refractivity contribution in [1.82, 2.24) is 0 Å². The van der Waals surface area contributed by atoms with E-state index in [0.29, 0.717) is 29.4 Å². The minimum atomic E-state index is -0.279. The molecule has 6 heteroatoms. The molecule has 4 aliphatic carbocycles. The Bertz CT molecular complexity index is 941. The molecule has 0 aromatic rings. The number of nitrogens with zero attached hydrogens (tertiary/aromatic N) is 1. The molecule has 36 heavy (non-hydrogen) atoms. The number of fused-ring (bicyclic) bond motifs is 5. The van der Waals surface area contributed by atoms with E-state index < -0.39 is 0 Å². The number of nitrogens with two attached hydrogens (primary N) is 3. The molecule has 0 heterocycles. The standard InChI is InChI=1S/C30H48N4O2/c1-5-7-21(17-31)24(6-2)34-18-25(35)23-8-9-26-28(23,3)13-12-27-29(32)14-10-20(19-36-4)16-22(29)11-15-30(26,27)33/h5-7,17,20,22-23,26-27H,2,8-16,18-19,31-33H2,1,3-4H3/b7-5-,21-17?,34-24?. The molecule has 0 saturated heterocycles. The van der Waals surface area contributed by atoms with Crippen LogP contribution in [0.25, 0.3) is 0 Å². The molecular weight excluding hydrogens is 448 g/mol. The molecule has 6 nitrogen and oxygen atoms in total. The summed E-state index contributed by atoms with van der Waals surface area (Å²) in [7, 11) is 1.80. The predicted molar refractivity (Wildman–Crippen MR) is 147 cm³/mol. The van der Waals surface area contributed by atoms with Gasteiger partial charge in [0.05, 0.1) is 12.3 Å². The first-order valence-corrected chi connectivity index (χ1v) is 14.0. The van der Waals surface area contributed by atoms with Gasteiger partial charge in [0.15, 0.2) is 5.78 Å². The van der Waals surface area contributed by atoms with Crippen LogP contribution in [0.2, 0.25) is 0 Å². The molecule has 0 bridgehead atoms. The summed E-state index contributed by atoms with van der Waals surface area (Å²) in [6.45, 7) is 9.12. The summed E-state index contributed by atoms with van der Waals surface area (Å²) in [5.74, 6) is 2.03. The Hall–Kier alpha value is -1.76. The molecule has 8 atom stereocenters. The zero-order valence-corrected chi connectivity index (χ0v) is 22.7. The highest BCUT2D eigenvalue weighted by atomic mass is 16.5. The third-order valence-corrected chi connectivity index (χ3v) is 10.8. The number of aliphatic imine (C=N–C) groups is 1. The van der Waals surface area contributed by atoms with Crippen molar-refractivity contribution in [1.29, 1.82) is 0 Å². The van der Waals surface area contributed by atoms with Crippen LogP contribution in [-0.4, -0.2) is 42.8 Å². The number of ketones is 1. The molecule has 4 rings (SSSR count). The predicted octanol–water partition coefficient (Wildman–Crippen LogP) is 4.30. The van der Waals surface area contributed by atoms with Crippen molar-refractivity contribution in [2.24, 2.45) is 57.2 Å². The van der Waals surface area contributed by atoms with E-state index in [4.69, 9.17) is 21.9 Å². The molecule has 4 aliphatic rings. The topological polar surface area (TPSA) is 117 Å². The Morgan fingerprint density at radius 3 is 2.50 bits per heavy atom. The highest BCUT2D eigenvalue weighted by Gasteiger charge is 2.66. The smallest absolute Gasteiger partial charge is 0.157 e. The van der Waals surface area contributed by atoms with Crippen molar-refractivity contribution in [2.45, 2.75) is 82.7 Å². The van der Waals surface area contributed by atoms with Gasteiger partial charge in [0, 0.05) is 42.5 Å². The second-order valence-electron chi connectivity index (χ2n) is 12.3. The zero-order valence-electron chi connectivity index (χ0n) is 22.7. The fraction of sp³-hybridized carbons (Fsp3) is 0.733. The third-order valence-electron chi connectivity index (χ3n) is 10.8. The molecule has 6 N–H and O–H groups in total. The van der Waals surface area contributed by atoms with Gasteiger partial charge in [-0.05, 0) is 99.9 Å². The van der Waals surface area contributed by atoms with Crippen LogP contribution >= 0.6 is 0 Å². The van der Waals surface area contributed by atoms with Gasteiger partial charge in [0.1, 0.15) is 0 Å². The van der Waals surface area contributed by atoms with Crippen LogP contribution in [0.4, 0.5) is 0 Å². The molecule has 8 unspecified atom stereocenters. The lowest BCUT2D eigenvalue weighted by molar-refractivity contribution is -0.132. The number of hydrogen-bond acceptors (Lipinski definition) is 6. The molecule has 0 spiro atoms. The minimum absolute atomic E-state index is 0.00500. The first-order chi connectivity index (χ1) is 17.2. The summed E-state index contributed by atoms with van der Waals surface area (Å²) in [6.07, 6.45) is 16.4. The summed E-state index contributed by atoms with van der Waals surface area (Å²) in [5.41, 5.74) is 21.4. The Balaban J connectivity index is 1.52. The summed E-state index contributed by atoms with van der Waals surface area (Å²) in [4.78, 5) is 18.2. The number of allylic oxidation sites excluding steroid dienone is 4. The fourth-order valence-corrected chi connectivity index (χ4v) is 9.09. The largest absolute Gasteiger partial charge is 0.404 e. The van der Waals surface area contributed by atoms with E-state index in [-0.39, 0.29) is 34.7 Å². The lowest BCUT2D eigenvalue weighted by Crippen LogP contribution is -2.74. The van der Waals surface area contributed by atoms with E-state index in [1.165, 1.54) is 6.20 Å². The monoisotopic (exact) mass is 496 g/mol. The maximum absolute atomic E-state index is 13.6. The minimum Gasteiger partial charge on any atom is -0.404 e. The second-order valence-corrected chi connectivity index (χ2v) is 12.3. The lowest BCUT2D eigenvalue weighted by Gasteiger charge is -2.65. The molecule has 0 aromatic carbocycles. The first-order valence-electron chi connectivity index (χ1n) is 14.0. The number of carbonyl (C=O) groups is 1. The highest BCUT2D eigenvalue weighted by Crippen LogP contribution is 2.65. The first kappa shape index (κ1) is 27.3. The van der Waals surface area contributed by atoms with Crippen molar-refractivity contribution in [3.63, 3.8) is 0 Å². The highest BCUT2D eigenvalue weighted by molar-refractivity contribution is 6.10. The average Bonchev–Trinajstić information content (AvgIpc) is 3.22. The molecule has 0 aliphatic heterocycles. The summed E-state index contributed by atoms with van der Waals surface area (Å²) in [5, 5.41) is 0.